The molecule has 2 aliphatic carbocycles. The Kier molecular flexibility index (Phi) is 4.02. The van der Waals surface area contributed by atoms with Gasteiger partial charge in [-0.3, -0.25) is 14.6 Å². The molecule has 128 valence electrons. The van der Waals surface area contributed by atoms with Crippen molar-refractivity contribution in [2.75, 3.05) is 13.1 Å². The summed E-state index contributed by atoms with van der Waals surface area (Å²) in [6, 6.07) is 3.83. The molecule has 2 saturated carbocycles. The zero-order valence-corrected chi connectivity index (χ0v) is 14.0. The Morgan fingerprint density at radius 1 is 1.25 bits per heavy atom. The highest BCUT2D eigenvalue weighted by molar-refractivity contribution is 5.84. The molecule has 2 amide bonds. The number of rotatable bonds is 4. The number of hydrogen-bond donors (Lipinski definition) is 1. The molecule has 2 heterocycles. The van der Waals surface area contributed by atoms with Crippen LogP contribution < -0.4 is 5.32 Å². The first-order chi connectivity index (χ1) is 11.7. The van der Waals surface area contributed by atoms with E-state index in [1.165, 1.54) is 12.8 Å². The Bertz CT molecular complexity index is 627. The quantitative estimate of drug-likeness (QED) is 0.921. The lowest BCUT2D eigenvalue weighted by molar-refractivity contribution is -0.134. The maximum Gasteiger partial charge on any atom is 0.225 e. The lowest BCUT2D eigenvalue weighted by Gasteiger charge is -2.20. The van der Waals surface area contributed by atoms with Crippen LogP contribution in [0.1, 0.15) is 44.1 Å². The van der Waals surface area contributed by atoms with E-state index < -0.39 is 0 Å². The lowest BCUT2D eigenvalue weighted by atomic mass is 10.0. The molecule has 3 aliphatic rings. The van der Waals surface area contributed by atoms with Crippen molar-refractivity contribution in [2.45, 2.75) is 45.1 Å². The first kappa shape index (κ1) is 15.6. The number of likely N-dealkylation sites (tertiary alicyclic amines) is 1. The smallest absolute Gasteiger partial charge is 0.225 e. The largest absolute Gasteiger partial charge is 0.352 e. The molecule has 0 aromatic carbocycles. The summed E-state index contributed by atoms with van der Waals surface area (Å²) in [4.78, 5) is 31.0. The van der Waals surface area contributed by atoms with Gasteiger partial charge >= 0.3 is 0 Å². The average molecular weight is 327 g/mol. The van der Waals surface area contributed by atoms with E-state index in [-0.39, 0.29) is 23.2 Å². The van der Waals surface area contributed by atoms with E-state index in [2.05, 4.69) is 10.3 Å². The van der Waals surface area contributed by atoms with Crippen LogP contribution in [0.4, 0.5) is 0 Å². The summed E-state index contributed by atoms with van der Waals surface area (Å²) in [5.74, 6) is 0.813. The topological polar surface area (TPSA) is 62.3 Å². The third kappa shape index (κ3) is 2.92. The number of pyridine rings is 1. The van der Waals surface area contributed by atoms with E-state index in [1.54, 1.807) is 12.4 Å². The highest BCUT2D eigenvalue weighted by atomic mass is 16.2. The van der Waals surface area contributed by atoms with E-state index in [1.807, 2.05) is 17.0 Å². The summed E-state index contributed by atoms with van der Waals surface area (Å²) >= 11 is 0. The minimum Gasteiger partial charge on any atom is -0.352 e. The van der Waals surface area contributed by atoms with Crippen LogP contribution in [0.5, 0.6) is 0 Å². The van der Waals surface area contributed by atoms with E-state index in [0.29, 0.717) is 12.5 Å². The Morgan fingerprint density at radius 2 is 2.00 bits per heavy atom. The number of carbonyl (C=O) groups excluding carboxylic acids is 2. The fourth-order valence-corrected chi connectivity index (χ4v) is 4.50. The van der Waals surface area contributed by atoms with Crippen molar-refractivity contribution < 1.29 is 9.59 Å². The Balaban J connectivity index is 1.29. The highest BCUT2D eigenvalue weighted by Crippen LogP contribution is 2.58. The molecule has 3 fully saturated rings. The van der Waals surface area contributed by atoms with Crippen LogP contribution in [0, 0.1) is 17.3 Å². The summed E-state index contributed by atoms with van der Waals surface area (Å²) in [6.07, 6.45) is 9.89. The van der Waals surface area contributed by atoms with Crippen molar-refractivity contribution in [3.63, 3.8) is 0 Å². The summed E-state index contributed by atoms with van der Waals surface area (Å²) in [5, 5.41) is 3.04. The molecule has 1 N–H and O–H groups in total. The predicted molar refractivity (Wildman–Crippen MR) is 89.8 cm³/mol. The van der Waals surface area contributed by atoms with Gasteiger partial charge in [0, 0.05) is 49.3 Å². The second kappa shape index (κ2) is 6.19. The molecule has 1 spiro atoms. The summed E-state index contributed by atoms with van der Waals surface area (Å²) in [6.45, 7) is 2.18. The Labute approximate surface area is 142 Å². The second-order valence-corrected chi connectivity index (χ2v) is 7.68. The predicted octanol–water partition coefficient (Wildman–Crippen LogP) is 2.13. The fourth-order valence-electron chi connectivity index (χ4n) is 4.50. The van der Waals surface area contributed by atoms with E-state index in [0.717, 1.165) is 44.3 Å². The van der Waals surface area contributed by atoms with Crippen molar-refractivity contribution in [1.82, 2.24) is 15.2 Å². The molecule has 1 aromatic rings. The van der Waals surface area contributed by atoms with E-state index in [4.69, 9.17) is 0 Å². The maximum atomic E-state index is 12.6. The molecule has 5 nitrogen and oxygen atoms in total. The van der Waals surface area contributed by atoms with Crippen molar-refractivity contribution in [1.29, 1.82) is 0 Å². The van der Waals surface area contributed by atoms with Crippen LogP contribution in [0.2, 0.25) is 0 Å². The van der Waals surface area contributed by atoms with Crippen molar-refractivity contribution in [3.8, 4) is 0 Å². The zero-order valence-electron chi connectivity index (χ0n) is 14.0. The van der Waals surface area contributed by atoms with Crippen LogP contribution in [0.3, 0.4) is 0 Å². The molecule has 0 unspecified atom stereocenters. The SMILES string of the molecule is O=C(NCc1ccncc1)[C@@H]1C[C@]12CCN(C(=O)C1CCCC1)C2. The Morgan fingerprint density at radius 3 is 2.75 bits per heavy atom. The monoisotopic (exact) mass is 327 g/mol. The van der Waals surface area contributed by atoms with Crippen molar-refractivity contribution in [3.05, 3.63) is 30.1 Å². The van der Waals surface area contributed by atoms with E-state index >= 15 is 0 Å². The molecular formula is C19H25N3O2. The molecule has 4 rings (SSSR count). The number of carbonyl (C=O) groups is 2. The van der Waals surface area contributed by atoms with Gasteiger partial charge in [-0.25, -0.2) is 0 Å². The van der Waals surface area contributed by atoms with Gasteiger partial charge in [-0.1, -0.05) is 12.8 Å². The summed E-state index contributed by atoms with van der Waals surface area (Å²) in [7, 11) is 0. The zero-order chi connectivity index (χ0) is 16.6. The van der Waals surface area contributed by atoms with Crippen LogP contribution in [-0.4, -0.2) is 34.8 Å². The van der Waals surface area contributed by atoms with Crippen LogP contribution in [0.15, 0.2) is 24.5 Å². The number of hydrogen-bond acceptors (Lipinski definition) is 3. The molecule has 5 heteroatoms. The van der Waals surface area contributed by atoms with Gasteiger partial charge in [0.2, 0.25) is 11.8 Å². The average Bonchev–Trinajstić information content (AvgIpc) is 2.98. The molecule has 24 heavy (non-hydrogen) atoms. The number of aromatic nitrogens is 1. The number of nitrogens with zero attached hydrogens (tertiary/aromatic N) is 2. The third-order valence-electron chi connectivity index (χ3n) is 6.12. The van der Waals surface area contributed by atoms with Crippen LogP contribution in [0.25, 0.3) is 0 Å². The highest BCUT2D eigenvalue weighted by Gasteiger charge is 2.61. The van der Waals surface area contributed by atoms with Gasteiger partial charge in [0.1, 0.15) is 0 Å². The Hall–Kier alpha value is -1.91. The van der Waals surface area contributed by atoms with Gasteiger partial charge in [0.05, 0.1) is 0 Å². The first-order valence-electron chi connectivity index (χ1n) is 9.13. The van der Waals surface area contributed by atoms with Gasteiger partial charge in [0.15, 0.2) is 0 Å². The third-order valence-corrected chi connectivity index (χ3v) is 6.12. The summed E-state index contributed by atoms with van der Waals surface area (Å²) < 4.78 is 0. The van der Waals surface area contributed by atoms with Gasteiger partial charge in [0.25, 0.3) is 0 Å². The molecule has 2 atom stereocenters. The maximum absolute atomic E-state index is 12.6. The van der Waals surface area contributed by atoms with Crippen LogP contribution >= 0.6 is 0 Å². The number of nitrogens with one attached hydrogen (secondary N) is 1. The normalized spacial score (nSPS) is 29.2. The number of amides is 2. The first-order valence-corrected chi connectivity index (χ1v) is 9.13. The molecule has 0 bridgehead atoms. The molecule has 1 saturated heterocycles. The van der Waals surface area contributed by atoms with Gasteiger partial charge in [-0.15, -0.1) is 0 Å². The minimum atomic E-state index is 0.0661. The lowest BCUT2D eigenvalue weighted by Crippen LogP contribution is -2.34. The van der Waals surface area contributed by atoms with E-state index in [9.17, 15) is 9.59 Å². The fraction of sp³-hybridized carbons (Fsp3) is 0.632. The summed E-state index contributed by atoms with van der Waals surface area (Å²) in [5.41, 5.74) is 1.13. The second-order valence-electron chi connectivity index (χ2n) is 7.68. The van der Waals surface area contributed by atoms with Crippen molar-refractivity contribution in [2.24, 2.45) is 17.3 Å². The van der Waals surface area contributed by atoms with Gasteiger partial charge in [-0.05, 0) is 43.4 Å². The van der Waals surface area contributed by atoms with Crippen molar-refractivity contribution >= 4 is 11.8 Å². The minimum absolute atomic E-state index is 0.0661. The van der Waals surface area contributed by atoms with Crippen LogP contribution in [-0.2, 0) is 16.1 Å². The van der Waals surface area contributed by atoms with Gasteiger partial charge < -0.3 is 10.2 Å². The molecule has 1 aliphatic heterocycles. The molecule has 0 radical (unpaired) electrons. The molecule has 1 aromatic heterocycles. The molecular weight excluding hydrogens is 302 g/mol. The van der Waals surface area contributed by atoms with Gasteiger partial charge in [-0.2, -0.15) is 0 Å². The standard InChI is InChI=1S/C19H25N3O2/c23-17(21-12-14-5-8-20-9-6-14)16-11-19(16)7-10-22(13-19)18(24)15-3-1-2-4-15/h5-6,8-9,15-16H,1-4,7,10-13H2,(H,21,23)/t16-,19-/m0/s1.